The normalized spacial score (nSPS) is 13.9. The number of hydrogen-bond donors (Lipinski definition) is 2. The molecule has 0 bridgehead atoms. The molecule has 4 heteroatoms. The van der Waals surface area contributed by atoms with Crippen molar-refractivity contribution in [3.63, 3.8) is 0 Å². The molecule has 0 aliphatic rings. The van der Waals surface area contributed by atoms with E-state index in [1.807, 2.05) is 11.3 Å². The summed E-state index contributed by atoms with van der Waals surface area (Å²) in [5, 5.41) is 13.9. The van der Waals surface area contributed by atoms with Crippen molar-refractivity contribution in [1.82, 2.24) is 0 Å². The quantitative estimate of drug-likeness (QED) is 0.632. The van der Waals surface area contributed by atoms with Gasteiger partial charge in [0.1, 0.15) is 0 Å². The van der Waals surface area contributed by atoms with E-state index in [1.54, 1.807) is 0 Å². The van der Waals surface area contributed by atoms with Crippen LogP contribution in [-0.4, -0.2) is 17.6 Å². The van der Waals surface area contributed by atoms with Crippen LogP contribution in [0.3, 0.4) is 0 Å². The fourth-order valence-corrected chi connectivity index (χ4v) is 4.01. The lowest BCUT2D eigenvalue weighted by Crippen LogP contribution is -2.26. The third kappa shape index (κ3) is 5.34. The lowest BCUT2D eigenvalue weighted by molar-refractivity contribution is -0.140. The van der Waals surface area contributed by atoms with Gasteiger partial charge in [0.15, 0.2) is 0 Å². The van der Waals surface area contributed by atoms with E-state index >= 15 is 0 Å². The average molecular weight is 311 g/mol. The Hall–Kier alpha value is -1.03. The highest BCUT2D eigenvalue weighted by Gasteiger charge is 2.29. The topological polar surface area (TPSA) is 49.3 Å². The third-order valence-electron chi connectivity index (χ3n) is 4.31. The number of hydrogen-bond acceptors (Lipinski definition) is 3. The summed E-state index contributed by atoms with van der Waals surface area (Å²) in [4.78, 5) is 12.6. The maximum atomic E-state index is 11.2. The van der Waals surface area contributed by atoms with Crippen LogP contribution in [-0.2, 0) is 11.2 Å². The molecule has 3 nitrogen and oxygen atoms in total. The molecule has 21 heavy (non-hydrogen) atoms. The van der Waals surface area contributed by atoms with Crippen LogP contribution in [0.1, 0.15) is 63.3 Å². The number of carboxylic acids is 1. The molecule has 0 amide bonds. The molecule has 120 valence electrons. The van der Waals surface area contributed by atoms with E-state index < -0.39 is 5.97 Å². The molecular weight excluding hydrogens is 282 g/mol. The Kier molecular flexibility index (Phi) is 7.23. The predicted molar refractivity (Wildman–Crippen MR) is 91.4 cm³/mol. The molecule has 1 atom stereocenters. The van der Waals surface area contributed by atoms with Crippen LogP contribution in [0.15, 0.2) is 6.07 Å². The summed E-state index contributed by atoms with van der Waals surface area (Å²) in [5.74, 6) is -0.675. The maximum absolute atomic E-state index is 11.2. The zero-order valence-corrected chi connectivity index (χ0v) is 14.6. The summed E-state index contributed by atoms with van der Waals surface area (Å²) in [5.41, 5.74) is 1.24. The van der Waals surface area contributed by atoms with Gasteiger partial charge in [0.05, 0.1) is 11.4 Å². The largest absolute Gasteiger partial charge is 0.481 e. The lowest BCUT2D eigenvalue weighted by atomic mass is 9.75. The number of carboxylic acid groups (broad SMARTS) is 1. The minimum absolute atomic E-state index is 0.0632. The molecule has 0 aromatic carbocycles. The Bertz CT molecular complexity index is 456. The highest BCUT2D eigenvalue weighted by molar-refractivity contribution is 7.16. The van der Waals surface area contributed by atoms with E-state index in [2.05, 4.69) is 39.1 Å². The Morgan fingerprint density at radius 3 is 2.52 bits per heavy atom. The molecule has 1 heterocycles. The van der Waals surface area contributed by atoms with Crippen molar-refractivity contribution in [2.45, 2.75) is 66.2 Å². The van der Waals surface area contributed by atoms with Gasteiger partial charge >= 0.3 is 5.97 Å². The summed E-state index contributed by atoms with van der Waals surface area (Å²) < 4.78 is 0. The number of thiophene rings is 1. The van der Waals surface area contributed by atoms with Crippen molar-refractivity contribution in [2.75, 3.05) is 11.9 Å². The maximum Gasteiger partial charge on any atom is 0.303 e. The van der Waals surface area contributed by atoms with Crippen molar-refractivity contribution < 1.29 is 9.90 Å². The molecule has 0 aliphatic heterocycles. The molecule has 0 spiro atoms. The van der Waals surface area contributed by atoms with E-state index in [0.717, 1.165) is 38.6 Å². The average Bonchev–Trinajstić information content (AvgIpc) is 2.79. The molecule has 1 rings (SSSR count). The van der Waals surface area contributed by atoms with Crippen LogP contribution in [0, 0.1) is 12.3 Å². The fraction of sp³-hybridized carbons (Fsp3) is 0.706. The van der Waals surface area contributed by atoms with Gasteiger partial charge in [-0.2, -0.15) is 0 Å². The molecule has 0 saturated carbocycles. The summed E-state index contributed by atoms with van der Waals surface area (Å²) in [6.45, 7) is 9.41. The number of aliphatic carboxylic acids is 1. The number of nitrogens with one attached hydrogen (secondary N) is 1. The third-order valence-corrected chi connectivity index (χ3v) is 5.65. The van der Waals surface area contributed by atoms with Crippen molar-refractivity contribution in [1.29, 1.82) is 0 Å². The fourth-order valence-electron chi connectivity index (χ4n) is 2.97. The van der Waals surface area contributed by atoms with Crippen molar-refractivity contribution in [3.05, 3.63) is 16.5 Å². The van der Waals surface area contributed by atoms with Gasteiger partial charge in [-0.15, -0.1) is 11.3 Å². The molecule has 2 N–H and O–H groups in total. The Morgan fingerprint density at radius 2 is 2.05 bits per heavy atom. The van der Waals surface area contributed by atoms with Gasteiger partial charge < -0.3 is 10.4 Å². The first-order valence-electron chi connectivity index (χ1n) is 8.01. The second-order valence-electron chi connectivity index (χ2n) is 5.93. The SMILES string of the molecule is CCCC(CC)(CCNc1sc(CC)cc1C)CC(=O)O. The first-order chi connectivity index (χ1) is 9.96. The van der Waals surface area contributed by atoms with Crippen molar-refractivity contribution in [3.8, 4) is 0 Å². The van der Waals surface area contributed by atoms with E-state index in [4.69, 9.17) is 0 Å². The predicted octanol–water partition coefficient (Wildman–Crippen LogP) is 5.09. The second-order valence-corrected chi connectivity index (χ2v) is 7.07. The number of carbonyl (C=O) groups is 1. The first kappa shape index (κ1) is 18.0. The van der Waals surface area contributed by atoms with Gasteiger partial charge in [-0.05, 0) is 49.7 Å². The zero-order chi connectivity index (χ0) is 15.9. The van der Waals surface area contributed by atoms with Crippen LogP contribution in [0.2, 0.25) is 0 Å². The van der Waals surface area contributed by atoms with E-state index in [-0.39, 0.29) is 11.8 Å². The summed E-state index contributed by atoms with van der Waals surface area (Å²) in [7, 11) is 0. The summed E-state index contributed by atoms with van der Waals surface area (Å²) in [6, 6.07) is 2.24. The molecule has 1 aromatic heterocycles. The molecule has 1 aromatic rings. The molecule has 0 radical (unpaired) electrons. The monoisotopic (exact) mass is 311 g/mol. The molecule has 0 saturated heterocycles. The Labute approximate surface area is 132 Å². The molecule has 0 fully saturated rings. The van der Waals surface area contributed by atoms with Gasteiger partial charge in [-0.25, -0.2) is 0 Å². The molecule has 1 unspecified atom stereocenters. The van der Waals surface area contributed by atoms with Crippen LogP contribution in [0.25, 0.3) is 0 Å². The molecule has 0 aliphatic carbocycles. The van der Waals surface area contributed by atoms with Gasteiger partial charge in [-0.3, -0.25) is 4.79 Å². The van der Waals surface area contributed by atoms with Crippen molar-refractivity contribution in [2.24, 2.45) is 5.41 Å². The standard InChI is InChI=1S/C17H29NO2S/c1-5-8-17(7-3,12-15(19)20)9-10-18-16-13(4)11-14(6-2)21-16/h11,18H,5-10,12H2,1-4H3,(H,19,20). The van der Waals surface area contributed by atoms with E-state index in [0.29, 0.717) is 0 Å². The van der Waals surface area contributed by atoms with E-state index in [1.165, 1.54) is 15.4 Å². The van der Waals surface area contributed by atoms with Crippen LogP contribution < -0.4 is 5.32 Å². The van der Waals surface area contributed by atoms with Crippen LogP contribution in [0.4, 0.5) is 5.00 Å². The highest BCUT2D eigenvalue weighted by atomic mass is 32.1. The zero-order valence-electron chi connectivity index (χ0n) is 13.8. The minimum Gasteiger partial charge on any atom is -0.481 e. The number of anilines is 1. The van der Waals surface area contributed by atoms with Crippen LogP contribution in [0.5, 0.6) is 0 Å². The molecular formula is C17H29NO2S. The van der Waals surface area contributed by atoms with Gasteiger partial charge in [0.2, 0.25) is 0 Å². The number of rotatable bonds is 10. The first-order valence-corrected chi connectivity index (χ1v) is 8.83. The number of aryl methyl sites for hydroxylation is 2. The Morgan fingerprint density at radius 1 is 1.33 bits per heavy atom. The smallest absolute Gasteiger partial charge is 0.303 e. The van der Waals surface area contributed by atoms with Crippen molar-refractivity contribution >= 4 is 22.3 Å². The van der Waals surface area contributed by atoms with E-state index in [9.17, 15) is 9.90 Å². The second kappa shape index (κ2) is 8.42. The Balaban J connectivity index is 2.63. The van der Waals surface area contributed by atoms with Crippen LogP contribution >= 0.6 is 11.3 Å². The summed E-state index contributed by atoms with van der Waals surface area (Å²) >= 11 is 1.82. The van der Waals surface area contributed by atoms with Gasteiger partial charge in [-0.1, -0.05) is 27.2 Å². The van der Waals surface area contributed by atoms with Gasteiger partial charge in [0.25, 0.3) is 0 Å². The summed E-state index contributed by atoms with van der Waals surface area (Å²) in [6.07, 6.45) is 5.23. The van der Waals surface area contributed by atoms with Gasteiger partial charge in [0, 0.05) is 11.4 Å². The lowest BCUT2D eigenvalue weighted by Gasteiger charge is -2.31. The minimum atomic E-state index is -0.675. The highest BCUT2D eigenvalue weighted by Crippen LogP contribution is 2.36.